The van der Waals surface area contributed by atoms with E-state index in [1.54, 1.807) is 0 Å². The molecule has 1 aromatic rings. The van der Waals surface area contributed by atoms with Gasteiger partial charge in [-0.2, -0.15) is 0 Å². The molecule has 1 saturated carbocycles. The number of benzene rings is 1. The van der Waals surface area contributed by atoms with Gasteiger partial charge in [0.15, 0.2) is 0 Å². The predicted molar refractivity (Wildman–Crippen MR) is 89.4 cm³/mol. The highest BCUT2D eigenvalue weighted by atomic mass is 16.5. The molecule has 21 heavy (non-hydrogen) atoms. The molecule has 1 aliphatic carbocycles. The molecule has 2 N–H and O–H groups in total. The summed E-state index contributed by atoms with van der Waals surface area (Å²) in [5.41, 5.74) is 9.86. The van der Waals surface area contributed by atoms with Crippen LogP contribution in [0.1, 0.15) is 62.1 Å². The Hall–Kier alpha value is -0.860. The Morgan fingerprint density at radius 2 is 1.76 bits per heavy atom. The second-order valence-electron chi connectivity index (χ2n) is 6.90. The van der Waals surface area contributed by atoms with Gasteiger partial charge >= 0.3 is 0 Å². The lowest BCUT2D eigenvalue weighted by molar-refractivity contribution is -0.0816. The molecule has 1 aliphatic rings. The second kappa shape index (κ2) is 7.42. The standard InChI is InChI=1S/C19H31NO/c1-4-5-17-6-8-19(14-20,9-7-17)21-13-18-11-15(2)10-16(3)12-18/h10-12,17H,4-9,13-14,20H2,1-3H3. The van der Waals surface area contributed by atoms with E-state index in [1.165, 1.54) is 42.4 Å². The molecule has 0 saturated heterocycles. The first kappa shape index (κ1) is 16.5. The summed E-state index contributed by atoms with van der Waals surface area (Å²) in [4.78, 5) is 0. The van der Waals surface area contributed by atoms with Gasteiger partial charge in [0.2, 0.25) is 0 Å². The van der Waals surface area contributed by atoms with Crippen molar-refractivity contribution >= 4 is 0 Å². The van der Waals surface area contributed by atoms with Crippen LogP contribution < -0.4 is 5.73 Å². The van der Waals surface area contributed by atoms with Gasteiger partial charge in [0, 0.05) is 6.54 Å². The third kappa shape index (κ3) is 4.55. The Bertz CT molecular complexity index is 427. The lowest BCUT2D eigenvalue weighted by atomic mass is 9.77. The zero-order valence-electron chi connectivity index (χ0n) is 14.0. The van der Waals surface area contributed by atoms with Crippen LogP contribution in [0.25, 0.3) is 0 Å². The number of hydrogen-bond donors (Lipinski definition) is 1. The van der Waals surface area contributed by atoms with Gasteiger partial charge in [-0.1, -0.05) is 49.1 Å². The van der Waals surface area contributed by atoms with Crippen LogP contribution in [-0.4, -0.2) is 12.1 Å². The van der Waals surface area contributed by atoms with Gasteiger partial charge in [-0.05, 0) is 51.0 Å². The van der Waals surface area contributed by atoms with Crippen LogP contribution in [-0.2, 0) is 11.3 Å². The molecule has 0 atom stereocenters. The molecule has 1 fully saturated rings. The number of hydrogen-bond acceptors (Lipinski definition) is 2. The largest absolute Gasteiger partial charge is 0.369 e. The summed E-state index contributed by atoms with van der Waals surface area (Å²) in [5, 5.41) is 0. The third-order valence-electron chi connectivity index (χ3n) is 4.91. The van der Waals surface area contributed by atoms with Crippen LogP contribution in [0.4, 0.5) is 0 Å². The Balaban J connectivity index is 1.93. The molecular weight excluding hydrogens is 258 g/mol. The van der Waals surface area contributed by atoms with E-state index in [0.29, 0.717) is 13.2 Å². The fourth-order valence-electron chi connectivity index (χ4n) is 3.70. The minimum atomic E-state index is -0.0815. The van der Waals surface area contributed by atoms with Crippen molar-refractivity contribution < 1.29 is 4.74 Å². The quantitative estimate of drug-likeness (QED) is 0.836. The van der Waals surface area contributed by atoms with Crippen LogP contribution in [0.5, 0.6) is 0 Å². The van der Waals surface area contributed by atoms with E-state index in [0.717, 1.165) is 18.8 Å². The predicted octanol–water partition coefficient (Wildman–Crippen LogP) is 4.51. The third-order valence-corrected chi connectivity index (χ3v) is 4.91. The van der Waals surface area contributed by atoms with Crippen molar-refractivity contribution in [2.24, 2.45) is 11.7 Å². The molecule has 0 spiro atoms. The number of aryl methyl sites for hydroxylation is 2. The molecule has 2 heteroatoms. The molecule has 2 nitrogen and oxygen atoms in total. The number of ether oxygens (including phenoxy) is 1. The van der Waals surface area contributed by atoms with Crippen molar-refractivity contribution in [1.82, 2.24) is 0 Å². The van der Waals surface area contributed by atoms with Gasteiger partial charge in [0.25, 0.3) is 0 Å². The first-order valence-electron chi connectivity index (χ1n) is 8.48. The van der Waals surface area contributed by atoms with E-state index >= 15 is 0 Å². The molecule has 0 aliphatic heterocycles. The summed E-state index contributed by atoms with van der Waals surface area (Å²) in [7, 11) is 0. The highest BCUT2D eigenvalue weighted by Crippen LogP contribution is 2.36. The summed E-state index contributed by atoms with van der Waals surface area (Å²) in [6.07, 6.45) is 7.45. The highest BCUT2D eigenvalue weighted by Gasteiger charge is 2.34. The van der Waals surface area contributed by atoms with E-state index in [1.807, 2.05) is 0 Å². The molecule has 0 aromatic heterocycles. The molecule has 118 valence electrons. The van der Waals surface area contributed by atoms with E-state index in [2.05, 4.69) is 39.0 Å². The van der Waals surface area contributed by atoms with Crippen molar-refractivity contribution in [1.29, 1.82) is 0 Å². The van der Waals surface area contributed by atoms with Crippen LogP contribution in [0, 0.1) is 19.8 Å². The van der Waals surface area contributed by atoms with Gasteiger partial charge in [0.05, 0.1) is 12.2 Å². The Morgan fingerprint density at radius 1 is 1.14 bits per heavy atom. The molecule has 0 bridgehead atoms. The summed E-state index contributed by atoms with van der Waals surface area (Å²) in [6.45, 7) is 7.91. The second-order valence-corrected chi connectivity index (χ2v) is 6.90. The van der Waals surface area contributed by atoms with Crippen molar-refractivity contribution in [3.63, 3.8) is 0 Å². The minimum absolute atomic E-state index is 0.0815. The normalized spacial score (nSPS) is 26.0. The molecule has 0 unspecified atom stereocenters. The van der Waals surface area contributed by atoms with E-state index in [9.17, 15) is 0 Å². The molecule has 0 radical (unpaired) electrons. The van der Waals surface area contributed by atoms with E-state index in [4.69, 9.17) is 10.5 Å². The summed E-state index contributed by atoms with van der Waals surface area (Å²) in [6, 6.07) is 6.65. The maximum absolute atomic E-state index is 6.32. The van der Waals surface area contributed by atoms with Crippen LogP contribution >= 0.6 is 0 Å². The zero-order valence-corrected chi connectivity index (χ0v) is 14.0. The Labute approximate surface area is 130 Å². The van der Waals surface area contributed by atoms with Crippen molar-refractivity contribution in [2.45, 2.75) is 71.5 Å². The average molecular weight is 289 g/mol. The maximum Gasteiger partial charge on any atom is 0.0808 e. The van der Waals surface area contributed by atoms with E-state index < -0.39 is 0 Å². The molecule has 1 aromatic carbocycles. The number of nitrogens with two attached hydrogens (primary N) is 1. The summed E-state index contributed by atoms with van der Waals surface area (Å²) < 4.78 is 6.32. The first-order chi connectivity index (χ1) is 10.1. The number of rotatable bonds is 6. The van der Waals surface area contributed by atoms with Crippen LogP contribution in [0.2, 0.25) is 0 Å². The SMILES string of the molecule is CCCC1CCC(CN)(OCc2cc(C)cc(C)c2)CC1. The zero-order chi connectivity index (χ0) is 15.3. The summed E-state index contributed by atoms with van der Waals surface area (Å²) >= 11 is 0. The van der Waals surface area contributed by atoms with Gasteiger partial charge in [-0.15, -0.1) is 0 Å². The van der Waals surface area contributed by atoms with Gasteiger partial charge in [-0.25, -0.2) is 0 Å². The van der Waals surface area contributed by atoms with Crippen molar-refractivity contribution in [3.05, 3.63) is 34.9 Å². The maximum atomic E-state index is 6.32. The van der Waals surface area contributed by atoms with E-state index in [-0.39, 0.29) is 5.60 Å². The van der Waals surface area contributed by atoms with Crippen molar-refractivity contribution in [3.8, 4) is 0 Å². The smallest absolute Gasteiger partial charge is 0.0808 e. The lowest BCUT2D eigenvalue weighted by Gasteiger charge is -2.39. The summed E-state index contributed by atoms with van der Waals surface area (Å²) in [5.74, 6) is 0.888. The lowest BCUT2D eigenvalue weighted by Crippen LogP contribution is -2.43. The average Bonchev–Trinajstić information content (AvgIpc) is 2.46. The molecule has 0 heterocycles. The van der Waals surface area contributed by atoms with Gasteiger partial charge in [-0.3, -0.25) is 0 Å². The van der Waals surface area contributed by atoms with Gasteiger partial charge in [0.1, 0.15) is 0 Å². The minimum Gasteiger partial charge on any atom is -0.369 e. The van der Waals surface area contributed by atoms with Gasteiger partial charge < -0.3 is 10.5 Å². The van der Waals surface area contributed by atoms with Crippen molar-refractivity contribution in [2.75, 3.05) is 6.54 Å². The molecular formula is C19H31NO. The Morgan fingerprint density at radius 3 is 2.29 bits per heavy atom. The fraction of sp³-hybridized carbons (Fsp3) is 0.684. The Kier molecular flexibility index (Phi) is 5.83. The topological polar surface area (TPSA) is 35.2 Å². The van der Waals surface area contributed by atoms with Crippen LogP contribution in [0.3, 0.4) is 0 Å². The molecule has 2 rings (SSSR count). The monoisotopic (exact) mass is 289 g/mol. The molecule has 0 amide bonds. The fourth-order valence-corrected chi connectivity index (χ4v) is 3.70. The highest BCUT2D eigenvalue weighted by molar-refractivity contribution is 5.28. The first-order valence-corrected chi connectivity index (χ1v) is 8.48. The van der Waals surface area contributed by atoms with Crippen LogP contribution in [0.15, 0.2) is 18.2 Å².